The number of halogens is 1. The lowest BCUT2D eigenvalue weighted by molar-refractivity contribution is 0.459. The molecule has 2 rings (SSSR count). The van der Waals surface area contributed by atoms with E-state index >= 15 is 0 Å². The number of hydrogen-bond acceptors (Lipinski definition) is 3. The maximum absolute atomic E-state index is 4.33. The van der Waals surface area contributed by atoms with Crippen molar-refractivity contribution in [1.29, 1.82) is 0 Å². The molecule has 0 aliphatic carbocycles. The molecule has 0 amide bonds. The Morgan fingerprint density at radius 2 is 2.27 bits per heavy atom. The van der Waals surface area contributed by atoms with Gasteiger partial charge in [-0.25, -0.2) is 0 Å². The van der Waals surface area contributed by atoms with Crippen molar-refractivity contribution in [2.45, 2.75) is 26.6 Å². The number of aromatic nitrogens is 4. The molecule has 0 aromatic carbocycles. The summed E-state index contributed by atoms with van der Waals surface area (Å²) in [5, 5.41) is 11.4. The molecule has 1 N–H and O–H groups in total. The molecule has 120 valence electrons. The highest BCUT2D eigenvalue weighted by atomic mass is 79.9. The molecule has 0 unspecified atom stereocenters. The highest BCUT2D eigenvalue weighted by Gasteiger charge is 2.11. The smallest absolute Gasteiger partial charge is 0.194 e. The van der Waals surface area contributed by atoms with Crippen molar-refractivity contribution in [1.82, 2.24) is 29.5 Å². The Kier molecular flexibility index (Phi) is 5.59. The van der Waals surface area contributed by atoms with E-state index in [2.05, 4.69) is 58.9 Å². The summed E-state index contributed by atoms with van der Waals surface area (Å²) in [6.07, 6.45) is 3.79. The molecule has 0 saturated heterocycles. The summed E-state index contributed by atoms with van der Waals surface area (Å²) in [5.41, 5.74) is 1.20. The fourth-order valence-corrected chi connectivity index (χ4v) is 2.84. The summed E-state index contributed by atoms with van der Waals surface area (Å²) >= 11 is 3.50. The fraction of sp³-hybridized carbons (Fsp3) is 0.500. The van der Waals surface area contributed by atoms with Crippen LogP contribution >= 0.6 is 15.9 Å². The van der Waals surface area contributed by atoms with Crippen molar-refractivity contribution in [3.63, 3.8) is 0 Å². The second-order valence-corrected chi connectivity index (χ2v) is 5.97. The molecule has 0 aliphatic heterocycles. The van der Waals surface area contributed by atoms with Crippen LogP contribution in [0.1, 0.15) is 18.4 Å². The van der Waals surface area contributed by atoms with E-state index in [0.29, 0.717) is 6.54 Å². The first kappa shape index (κ1) is 16.5. The van der Waals surface area contributed by atoms with Crippen LogP contribution < -0.4 is 5.32 Å². The van der Waals surface area contributed by atoms with Crippen molar-refractivity contribution in [2.75, 3.05) is 14.1 Å². The predicted octanol–water partition coefficient (Wildman–Crippen LogP) is 1.61. The lowest BCUT2D eigenvalue weighted by Gasteiger charge is -2.22. The normalized spacial score (nSPS) is 11.8. The standard InChI is InChI=1S/C14H22BrN7/c1-5-22-10-18-19-13(22)7-17-14(16-2)21(4)9-12-6-11(15)8-20(12)3/h6,8,10H,5,7,9H2,1-4H3,(H,16,17). The number of aliphatic imine (C=N–C) groups is 1. The minimum atomic E-state index is 0.599. The predicted molar refractivity (Wildman–Crippen MR) is 90.5 cm³/mol. The second kappa shape index (κ2) is 7.44. The Labute approximate surface area is 139 Å². The Morgan fingerprint density at radius 3 is 2.86 bits per heavy atom. The van der Waals surface area contributed by atoms with Gasteiger partial charge in [0.1, 0.15) is 6.33 Å². The van der Waals surface area contributed by atoms with E-state index in [1.165, 1.54) is 5.69 Å². The van der Waals surface area contributed by atoms with Gasteiger partial charge in [-0.15, -0.1) is 10.2 Å². The Balaban J connectivity index is 1.98. The monoisotopic (exact) mass is 367 g/mol. The van der Waals surface area contributed by atoms with Gasteiger partial charge in [0.2, 0.25) is 0 Å². The van der Waals surface area contributed by atoms with Crippen LogP contribution in [0.25, 0.3) is 0 Å². The van der Waals surface area contributed by atoms with Crippen LogP contribution in [0.15, 0.2) is 28.1 Å². The van der Waals surface area contributed by atoms with E-state index in [9.17, 15) is 0 Å². The molecule has 2 aromatic heterocycles. The van der Waals surface area contributed by atoms with Gasteiger partial charge in [0.25, 0.3) is 0 Å². The maximum Gasteiger partial charge on any atom is 0.194 e. The molecule has 2 heterocycles. The molecule has 8 heteroatoms. The van der Waals surface area contributed by atoms with E-state index in [-0.39, 0.29) is 0 Å². The lowest BCUT2D eigenvalue weighted by atomic mass is 10.4. The van der Waals surface area contributed by atoms with Gasteiger partial charge < -0.3 is 19.4 Å². The second-order valence-electron chi connectivity index (χ2n) is 5.05. The van der Waals surface area contributed by atoms with Gasteiger partial charge in [0, 0.05) is 44.1 Å². The highest BCUT2D eigenvalue weighted by Crippen LogP contribution is 2.14. The zero-order valence-corrected chi connectivity index (χ0v) is 15.0. The van der Waals surface area contributed by atoms with Gasteiger partial charge in [-0.05, 0) is 28.9 Å². The zero-order valence-electron chi connectivity index (χ0n) is 13.4. The van der Waals surface area contributed by atoms with E-state index < -0.39 is 0 Å². The van der Waals surface area contributed by atoms with Crippen molar-refractivity contribution in [3.8, 4) is 0 Å². The Hall–Kier alpha value is -1.83. The topological polar surface area (TPSA) is 63.3 Å². The lowest BCUT2D eigenvalue weighted by Crippen LogP contribution is -2.38. The van der Waals surface area contributed by atoms with Gasteiger partial charge in [0.05, 0.1) is 13.1 Å². The van der Waals surface area contributed by atoms with Crippen LogP contribution in [0.2, 0.25) is 0 Å². The van der Waals surface area contributed by atoms with E-state index in [1.54, 1.807) is 13.4 Å². The van der Waals surface area contributed by atoms with Crippen LogP contribution in [-0.2, 0) is 26.7 Å². The van der Waals surface area contributed by atoms with Gasteiger partial charge in [-0.1, -0.05) is 0 Å². The highest BCUT2D eigenvalue weighted by molar-refractivity contribution is 9.10. The average Bonchev–Trinajstić information content (AvgIpc) is 3.06. The molecule has 0 bridgehead atoms. The number of aryl methyl sites for hydroxylation is 2. The number of nitrogens with zero attached hydrogens (tertiary/aromatic N) is 6. The quantitative estimate of drug-likeness (QED) is 0.643. The van der Waals surface area contributed by atoms with Crippen LogP contribution in [0.4, 0.5) is 0 Å². The number of guanidine groups is 1. The van der Waals surface area contributed by atoms with Crippen molar-refractivity contribution in [3.05, 3.63) is 34.6 Å². The fourth-order valence-electron chi connectivity index (χ4n) is 2.26. The first-order valence-electron chi connectivity index (χ1n) is 7.14. The van der Waals surface area contributed by atoms with E-state index in [4.69, 9.17) is 0 Å². The SMILES string of the molecule is CCn1cnnc1CNC(=NC)N(C)Cc1cc(Br)cn1C. The van der Waals surface area contributed by atoms with Crippen molar-refractivity contribution >= 4 is 21.9 Å². The Bertz CT molecular complexity index is 643. The number of hydrogen-bond donors (Lipinski definition) is 1. The Morgan fingerprint density at radius 1 is 1.50 bits per heavy atom. The van der Waals surface area contributed by atoms with E-state index in [0.717, 1.165) is 29.3 Å². The minimum absolute atomic E-state index is 0.599. The summed E-state index contributed by atoms with van der Waals surface area (Å²) in [4.78, 5) is 6.41. The number of rotatable bonds is 5. The molecule has 0 aliphatic rings. The maximum atomic E-state index is 4.33. The third kappa shape index (κ3) is 3.88. The summed E-state index contributed by atoms with van der Waals surface area (Å²) in [5.74, 6) is 1.72. The molecule has 0 atom stereocenters. The largest absolute Gasteiger partial charge is 0.352 e. The van der Waals surface area contributed by atoms with Gasteiger partial charge >= 0.3 is 0 Å². The average molecular weight is 368 g/mol. The molecule has 7 nitrogen and oxygen atoms in total. The van der Waals surface area contributed by atoms with Gasteiger partial charge in [-0.3, -0.25) is 4.99 Å². The van der Waals surface area contributed by atoms with Crippen LogP contribution in [0.3, 0.4) is 0 Å². The molecule has 0 radical (unpaired) electrons. The molecule has 22 heavy (non-hydrogen) atoms. The zero-order chi connectivity index (χ0) is 16.1. The molecule has 0 spiro atoms. The van der Waals surface area contributed by atoms with Gasteiger partial charge in [-0.2, -0.15) is 0 Å². The first-order chi connectivity index (χ1) is 10.5. The molecule has 0 saturated carbocycles. The summed E-state index contributed by atoms with van der Waals surface area (Å²) in [6, 6.07) is 2.11. The first-order valence-corrected chi connectivity index (χ1v) is 7.93. The summed E-state index contributed by atoms with van der Waals surface area (Å²) in [7, 11) is 5.83. The molecule has 2 aromatic rings. The molecular formula is C14H22BrN7. The molecular weight excluding hydrogens is 346 g/mol. The van der Waals surface area contributed by atoms with Crippen LogP contribution in [0, 0.1) is 0 Å². The van der Waals surface area contributed by atoms with Crippen molar-refractivity contribution < 1.29 is 0 Å². The molecule has 0 fully saturated rings. The summed E-state index contributed by atoms with van der Waals surface area (Å²) < 4.78 is 5.19. The van der Waals surface area contributed by atoms with E-state index in [1.807, 2.05) is 24.9 Å². The summed E-state index contributed by atoms with van der Waals surface area (Å²) in [6.45, 7) is 4.29. The number of nitrogens with one attached hydrogen (secondary N) is 1. The minimum Gasteiger partial charge on any atom is -0.352 e. The van der Waals surface area contributed by atoms with Crippen LogP contribution in [0.5, 0.6) is 0 Å². The van der Waals surface area contributed by atoms with Crippen LogP contribution in [-0.4, -0.2) is 44.3 Å². The third-order valence-electron chi connectivity index (χ3n) is 3.49. The van der Waals surface area contributed by atoms with Gasteiger partial charge in [0.15, 0.2) is 11.8 Å². The van der Waals surface area contributed by atoms with Crippen molar-refractivity contribution in [2.24, 2.45) is 12.0 Å². The third-order valence-corrected chi connectivity index (χ3v) is 3.92.